The van der Waals surface area contributed by atoms with Crippen molar-refractivity contribution >= 4 is 29.9 Å². The molecule has 0 aromatic carbocycles. The van der Waals surface area contributed by atoms with Crippen molar-refractivity contribution in [3.05, 3.63) is 12.2 Å². The van der Waals surface area contributed by atoms with Gasteiger partial charge in [-0.2, -0.15) is 0 Å². The lowest BCUT2D eigenvalue weighted by Gasteiger charge is -2.28. The van der Waals surface area contributed by atoms with Crippen molar-refractivity contribution < 1.29 is 0 Å². The molecule has 2 aliphatic heterocycles. The summed E-state index contributed by atoms with van der Waals surface area (Å²) in [6.45, 7) is 8.02. The minimum atomic E-state index is 0. The highest BCUT2D eigenvalue weighted by Crippen LogP contribution is 2.30. The maximum Gasteiger partial charge on any atom is 0.193 e. The van der Waals surface area contributed by atoms with Crippen LogP contribution in [0.25, 0.3) is 0 Å². The molecule has 3 unspecified atom stereocenters. The summed E-state index contributed by atoms with van der Waals surface area (Å²) < 4.78 is 0. The number of rotatable bonds is 4. The molecule has 138 valence electrons. The predicted molar refractivity (Wildman–Crippen MR) is 113 cm³/mol. The number of hydrogen-bond donors (Lipinski definition) is 1. The van der Waals surface area contributed by atoms with E-state index >= 15 is 0 Å². The number of hydrogen-bond acceptors (Lipinski definition) is 2. The summed E-state index contributed by atoms with van der Waals surface area (Å²) in [6.07, 6.45) is 12.9. The van der Waals surface area contributed by atoms with Crippen LogP contribution >= 0.6 is 24.0 Å². The van der Waals surface area contributed by atoms with Crippen LogP contribution in [0.3, 0.4) is 0 Å². The lowest BCUT2D eigenvalue weighted by Crippen LogP contribution is -2.43. The van der Waals surface area contributed by atoms with Gasteiger partial charge >= 0.3 is 0 Å². The highest BCUT2D eigenvalue weighted by atomic mass is 127. The molecule has 3 rings (SSSR count). The summed E-state index contributed by atoms with van der Waals surface area (Å²) in [5.41, 5.74) is 0. The van der Waals surface area contributed by atoms with Gasteiger partial charge in [-0.15, -0.1) is 24.0 Å². The van der Waals surface area contributed by atoms with E-state index < -0.39 is 0 Å². The van der Waals surface area contributed by atoms with Gasteiger partial charge in [0.1, 0.15) is 0 Å². The number of nitrogens with one attached hydrogen (secondary N) is 1. The lowest BCUT2D eigenvalue weighted by atomic mass is 9.81. The highest BCUT2D eigenvalue weighted by molar-refractivity contribution is 14.0. The van der Waals surface area contributed by atoms with E-state index in [1.165, 1.54) is 38.5 Å². The van der Waals surface area contributed by atoms with Gasteiger partial charge in [0.2, 0.25) is 0 Å². The monoisotopic (exact) mass is 446 g/mol. The van der Waals surface area contributed by atoms with Crippen molar-refractivity contribution in [1.29, 1.82) is 0 Å². The van der Waals surface area contributed by atoms with Gasteiger partial charge in [-0.25, -0.2) is 0 Å². The average molecular weight is 446 g/mol. The molecule has 1 aliphatic carbocycles. The Labute approximate surface area is 165 Å². The Kier molecular flexibility index (Phi) is 8.34. The quantitative estimate of drug-likeness (QED) is 0.311. The van der Waals surface area contributed by atoms with Crippen LogP contribution in [0.2, 0.25) is 0 Å². The summed E-state index contributed by atoms with van der Waals surface area (Å²) in [4.78, 5) is 9.56. The minimum absolute atomic E-state index is 0. The lowest BCUT2D eigenvalue weighted by molar-refractivity contribution is 0.258. The van der Waals surface area contributed by atoms with Gasteiger partial charge in [0.05, 0.1) is 0 Å². The van der Waals surface area contributed by atoms with Crippen LogP contribution in [0, 0.1) is 11.8 Å². The number of likely N-dealkylation sites (tertiary alicyclic amines) is 1. The second-order valence-electron chi connectivity index (χ2n) is 7.71. The number of nitrogens with zero attached hydrogens (tertiary/aromatic N) is 3. The second-order valence-corrected chi connectivity index (χ2v) is 7.71. The summed E-state index contributed by atoms with van der Waals surface area (Å²) in [5, 5.41) is 3.63. The molecule has 0 bridgehead atoms. The van der Waals surface area contributed by atoms with Gasteiger partial charge in [0.15, 0.2) is 5.96 Å². The van der Waals surface area contributed by atoms with Gasteiger partial charge in [0, 0.05) is 45.8 Å². The molecule has 2 heterocycles. The van der Waals surface area contributed by atoms with E-state index in [-0.39, 0.29) is 24.0 Å². The fraction of sp³-hybridized carbons (Fsp3) is 0.842. The molecule has 1 saturated heterocycles. The molecule has 3 aliphatic rings. The van der Waals surface area contributed by atoms with Gasteiger partial charge < -0.3 is 10.2 Å². The number of guanidine groups is 1. The molecule has 3 atom stereocenters. The van der Waals surface area contributed by atoms with Gasteiger partial charge in [-0.3, -0.25) is 9.89 Å². The zero-order valence-electron chi connectivity index (χ0n) is 15.4. The summed E-state index contributed by atoms with van der Waals surface area (Å²) in [6, 6.07) is 0.697. The molecule has 0 amide bonds. The summed E-state index contributed by atoms with van der Waals surface area (Å²) >= 11 is 0. The van der Waals surface area contributed by atoms with E-state index in [9.17, 15) is 0 Å². The summed E-state index contributed by atoms with van der Waals surface area (Å²) in [5.74, 6) is 2.97. The predicted octanol–water partition coefficient (Wildman–Crippen LogP) is 3.34. The highest BCUT2D eigenvalue weighted by Gasteiger charge is 2.29. The molecule has 0 aromatic rings. The van der Waals surface area contributed by atoms with Crippen LogP contribution < -0.4 is 5.32 Å². The first-order valence-electron chi connectivity index (χ1n) is 9.61. The molecule has 4 nitrogen and oxygen atoms in total. The van der Waals surface area contributed by atoms with Gasteiger partial charge in [-0.1, -0.05) is 38.3 Å². The molecule has 0 aromatic heterocycles. The zero-order valence-corrected chi connectivity index (χ0v) is 17.7. The van der Waals surface area contributed by atoms with E-state index in [1.807, 2.05) is 7.05 Å². The number of aliphatic imine (C=N–C) groups is 1. The van der Waals surface area contributed by atoms with Crippen LogP contribution in [0.1, 0.15) is 45.4 Å². The van der Waals surface area contributed by atoms with Crippen molar-refractivity contribution in [3.8, 4) is 0 Å². The molecule has 0 spiro atoms. The molecule has 2 fully saturated rings. The van der Waals surface area contributed by atoms with E-state index in [1.54, 1.807) is 0 Å². The molecular weight excluding hydrogens is 411 g/mol. The fourth-order valence-electron chi connectivity index (χ4n) is 4.57. The van der Waals surface area contributed by atoms with Crippen molar-refractivity contribution in [2.45, 2.75) is 51.5 Å². The van der Waals surface area contributed by atoms with Crippen LogP contribution in [-0.2, 0) is 0 Å². The third-order valence-corrected chi connectivity index (χ3v) is 5.92. The molecule has 5 heteroatoms. The molecule has 1 saturated carbocycles. The normalized spacial score (nSPS) is 31.3. The second kappa shape index (κ2) is 10.00. The van der Waals surface area contributed by atoms with Crippen LogP contribution in [-0.4, -0.2) is 61.6 Å². The third-order valence-electron chi connectivity index (χ3n) is 5.92. The van der Waals surface area contributed by atoms with E-state index in [0.717, 1.165) is 50.5 Å². The van der Waals surface area contributed by atoms with Gasteiger partial charge in [0.25, 0.3) is 0 Å². The third kappa shape index (κ3) is 5.35. The minimum Gasteiger partial charge on any atom is -0.356 e. The van der Waals surface area contributed by atoms with Crippen molar-refractivity contribution in [2.24, 2.45) is 16.8 Å². The Hall–Kier alpha value is -0.300. The first-order chi connectivity index (χ1) is 11.3. The van der Waals surface area contributed by atoms with E-state index in [4.69, 9.17) is 0 Å². The first kappa shape index (κ1) is 20.0. The fourth-order valence-corrected chi connectivity index (χ4v) is 4.57. The van der Waals surface area contributed by atoms with Crippen LogP contribution in [0.4, 0.5) is 0 Å². The maximum atomic E-state index is 4.53. The van der Waals surface area contributed by atoms with Gasteiger partial charge in [-0.05, 0) is 31.1 Å². The maximum absolute atomic E-state index is 4.53. The number of halogens is 1. The molecular formula is C19H35IN4. The van der Waals surface area contributed by atoms with Crippen LogP contribution in [0.5, 0.6) is 0 Å². The Balaban J connectivity index is 0.00000208. The van der Waals surface area contributed by atoms with E-state index in [2.05, 4.69) is 39.2 Å². The molecule has 1 N–H and O–H groups in total. The van der Waals surface area contributed by atoms with Crippen molar-refractivity contribution in [3.63, 3.8) is 0 Å². The SMILES string of the molecule is CN=C(NCCC1CCCC(C)C1)N1CCC(N2CC=CC2)C1.I. The smallest absolute Gasteiger partial charge is 0.193 e. The Morgan fingerprint density at radius 2 is 2.00 bits per heavy atom. The molecule has 0 radical (unpaired) electrons. The Morgan fingerprint density at radius 1 is 1.21 bits per heavy atom. The van der Waals surface area contributed by atoms with Crippen molar-refractivity contribution in [2.75, 3.05) is 39.8 Å². The summed E-state index contributed by atoms with van der Waals surface area (Å²) in [7, 11) is 1.93. The van der Waals surface area contributed by atoms with Crippen molar-refractivity contribution in [1.82, 2.24) is 15.1 Å². The van der Waals surface area contributed by atoms with E-state index in [0.29, 0.717) is 6.04 Å². The van der Waals surface area contributed by atoms with Crippen LogP contribution in [0.15, 0.2) is 17.1 Å². The average Bonchev–Trinajstić information content (AvgIpc) is 3.22. The first-order valence-corrected chi connectivity index (χ1v) is 9.61. The topological polar surface area (TPSA) is 30.9 Å². The Bertz CT molecular complexity index is 429. The molecule has 24 heavy (non-hydrogen) atoms. The largest absolute Gasteiger partial charge is 0.356 e. The zero-order chi connectivity index (χ0) is 16.1. The standard InChI is InChI=1S/C19H34N4.HI/c1-16-6-5-7-17(14-16)8-10-21-19(20-2)23-13-9-18(15-23)22-11-3-4-12-22;/h3-4,16-18H,5-15H2,1-2H3,(H,20,21);1H. The Morgan fingerprint density at radius 3 is 2.71 bits per heavy atom.